The summed E-state index contributed by atoms with van der Waals surface area (Å²) in [4.78, 5) is 28.9. The highest BCUT2D eigenvalue weighted by molar-refractivity contribution is 6.12. The van der Waals surface area contributed by atoms with Crippen LogP contribution in [0.5, 0.6) is 11.5 Å². The number of hydrogen-bond donors (Lipinski definition) is 0. The van der Waals surface area contributed by atoms with Gasteiger partial charge in [-0.2, -0.15) is 0 Å². The predicted molar refractivity (Wildman–Crippen MR) is 120 cm³/mol. The van der Waals surface area contributed by atoms with Crippen molar-refractivity contribution in [1.29, 1.82) is 0 Å². The highest BCUT2D eigenvalue weighted by Crippen LogP contribution is 2.30. The van der Waals surface area contributed by atoms with E-state index in [4.69, 9.17) is 14.2 Å². The van der Waals surface area contributed by atoms with E-state index in [-0.39, 0.29) is 24.0 Å². The Kier molecular flexibility index (Phi) is 6.41. The molecule has 0 unspecified atom stereocenters. The second-order valence-electron chi connectivity index (χ2n) is 6.98. The van der Waals surface area contributed by atoms with Crippen molar-refractivity contribution in [2.45, 2.75) is 13.3 Å². The zero-order chi connectivity index (χ0) is 22.3. The Morgan fingerprint density at radius 1 is 0.969 bits per heavy atom. The van der Waals surface area contributed by atoms with Crippen LogP contribution in [0.3, 0.4) is 0 Å². The Balaban J connectivity index is 1.54. The number of hydrogen-bond acceptors (Lipinski definition) is 6. The SMILES string of the molecule is CCOc1cc(/C=C2/N=C(c3ccccc3)OC2=O)ccc1OC(=O)Cc1ccccc1. The molecule has 6 heteroatoms. The fraction of sp³-hybridized carbons (Fsp3) is 0.115. The van der Waals surface area contributed by atoms with Gasteiger partial charge in [0, 0.05) is 5.56 Å². The van der Waals surface area contributed by atoms with E-state index in [0.29, 0.717) is 23.7 Å². The van der Waals surface area contributed by atoms with Gasteiger partial charge in [-0.25, -0.2) is 9.79 Å². The average Bonchev–Trinajstić information content (AvgIpc) is 3.17. The zero-order valence-electron chi connectivity index (χ0n) is 17.5. The first kappa shape index (κ1) is 21.1. The summed E-state index contributed by atoms with van der Waals surface area (Å²) < 4.78 is 16.5. The molecular formula is C26H21NO5. The van der Waals surface area contributed by atoms with Gasteiger partial charge < -0.3 is 14.2 Å². The first-order chi connectivity index (χ1) is 15.6. The fourth-order valence-electron chi connectivity index (χ4n) is 3.16. The lowest BCUT2D eigenvalue weighted by atomic mass is 10.1. The number of aliphatic imine (C=N–C) groups is 1. The monoisotopic (exact) mass is 427 g/mol. The molecule has 0 radical (unpaired) electrons. The Morgan fingerprint density at radius 3 is 2.41 bits per heavy atom. The number of benzene rings is 3. The van der Waals surface area contributed by atoms with E-state index in [1.165, 1.54) is 0 Å². The molecule has 1 aliphatic rings. The van der Waals surface area contributed by atoms with Crippen molar-refractivity contribution in [1.82, 2.24) is 0 Å². The van der Waals surface area contributed by atoms with Crippen LogP contribution in [0.1, 0.15) is 23.6 Å². The molecule has 0 amide bonds. The van der Waals surface area contributed by atoms with Gasteiger partial charge in [0.15, 0.2) is 17.2 Å². The largest absolute Gasteiger partial charge is 0.490 e. The van der Waals surface area contributed by atoms with E-state index in [1.54, 1.807) is 24.3 Å². The standard InChI is InChI=1S/C26H21NO5/c1-2-30-23-16-19(13-14-22(23)31-24(28)17-18-9-5-3-6-10-18)15-21-26(29)32-25(27-21)20-11-7-4-8-12-20/h3-16H,2,17H2,1H3/b21-15+. The van der Waals surface area contributed by atoms with Crippen LogP contribution in [0.4, 0.5) is 0 Å². The number of esters is 2. The van der Waals surface area contributed by atoms with Crippen LogP contribution in [0.2, 0.25) is 0 Å². The Morgan fingerprint density at radius 2 is 1.69 bits per heavy atom. The molecule has 0 fully saturated rings. The second-order valence-corrected chi connectivity index (χ2v) is 6.98. The molecule has 0 saturated heterocycles. The lowest BCUT2D eigenvalue weighted by Crippen LogP contribution is -2.12. The van der Waals surface area contributed by atoms with Crippen molar-refractivity contribution in [2.24, 2.45) is 4.99 Å². The van der Waals surface area contributed by atoms with E-state index in [9.17, 15) is 9.59 Å². The maximum atomic E-state index is 12.3. The molecule has 0 bridgehead atoms. The quantitative estimate of drug-likeness (QED) is 0.314. The average molecular weight is 427 g/mol. The molecule has 0 spiro atoms. The van der Waals surface area contributed by atoms with Gasteiger partial charge in [0.1, 0.15) is 0 Å². The topological polar surface area (TPSA) is 74.2 Å². The minimum Gasteiger partial charge on any atom is -0.490 e. The maximum Gasteiger partial charge on any atom is 0.363 e. The number of carbonyl (C=O) groups is 2. The van der Waals surface area contributed by atoms with Crippen LogP contribution < -0.4 is 9.47 Å². The number of cyclic esters (lactones) is 1. The van der Waals surface area contributed by atoms with Crippen molar-refractivity contribution in [2.75, 3.05) is 6.61 Å². The highest BCUT2D eigenvalue weighted by Gasteiger charge is 2.24. The molecule has 6 nitrogen and oxygen atoms in total. The molecule has 0 atom stereocenters. The Bertz CT molecular complexity index is 1180. The van der Waals surface area contributed by atoms with E-state index in [0.717, 1.165) is 11.1 Å². The third-order valence-corrected chi connectivity index (χ3v) is 4.63. The molecule has 32 heavy (non-hydrogen) atoms. The van der Waals surface area contributed by atoms with Crippen molar-refractivity contribution in [3.8, 4) is 11.5 Å². The molecule has 4 rings (SSSR count). The van der Waals surface area contributed by atoms with Crippen molar-refractivity contribution in [3.05, 3.63) is 101 Å². The van der Waals surface area contributed by atoms with Crippen LogP contribution in [0, 0.1) is 0 Å². The lowest BCUT2D eigenvalue weighted by molar-refractivity contribution is -0.133. The molecule has 0 saturated carbocycles. The van der Waals surface area contributed by atoms with Gasteiger partial charge in [-0.05, 0) is 48.4 Å². The Labute approximate surface area is 185 Å². The first-order valence-corrected chi connectivity index (χ1v) is 10.2. The maximum absolute atomic E-state index is 12.3. The zero-order valence-corrected chi connectivity index (χ0v) is 17.5. The molecule has 0 aliphatic carbocycles. The molecule has 3 aromatic carbocycles. The van der Waals surface area contributed by atoms with Gasteiger partial charge in [0.2, 0.25) is 5.90 Å². The normalized spacial score (nSPS) is 14.1. The van der Waals surface area contributed by atoms with Gasteiger partial charge in [0.25, 0.3) is 0 Å². The second kappa shape index (κ2) is 9.75. The molecular weight excluding hydrogens is 406 g/mol. The van der Waals surface area contributed by atoms with Crippen LogP contribution >= 0.6 is 0 Å². The summed E-state index contributed by atoms with van der Waals surface area (Å²) in [6, 6.07) is 23.6. The molecule has 0 aromatic heterocycles. The summed E-state index contributed by atoms with van der Waals surface area (Å²) in [6.45, 7) is 2.23. The molecule has 160 valence electrons. The number of carbonyl (C=O) groups excluding carboxylic acids is 2. The summed E-state index contributed by atoms with van der Waals surface area (Å²) in [5, 5.41) is 0. The van der Waals surface area contributed by atoms with E-state index >= 15 is 0 Å². The minimum absolute atomic E-state index is 0.154. The summed E-state index contributed by atoms with van der Waals surface area (Å²) >= 11 is 0. The van der Waals surface area contributed by atoms with Gasteiger partial charge in [-0.1, -0.05) is 54.6 Å². The number of nitrogens with zero attached hydrogens (tertiary/aromatic N) is 1. The van der Waals surface area contributed by atoms with E-state index < -0.39 is 5.97 Å². The van der Waals surface area contributed by atoms with Crippen LogP contribution in [0.25, 0.3) is 6.08 Å². The van der Waals surface area contributed by atoms with E-state index in [2.05, 4.69) is 4.99 Å². The summed E-state index contributed by atoms with van der Waals surface area (Å²) in [5.74, 6) is 0.0672. The van der Waals surface area contributed by atoms with Gasteiger partial charge in [0.05, 0.1) is 13.0 Å². The smallest absolute Gasteiger partial charge is 0.363 e. The summed E-state index contributed by atoms with van der Waals surface area (Å²) in [6.07, 6.45) is 1.76. The lowest BCUT2D eigenvalue weighted by Gasteiger charge is -2.11. The van der Waals surface area contributed by atoms with Crippen molar-refractivity contribution >= 4 is 23.9 Å². The summed E-state index contributed by atoms with van der Waals surface area (Å²) in [5.41, 5.74) is 2.44. The molecule has 0 N–H and O–H groups in total. The van der Waals surface area contributed by atoms with Crippen LogP contribution in [0.15, 0.2) is 89.6 Å². The third kappa shape index (κ3) is 5.10. The minimum atomic E-state index is -0.528. The van der Waals surface area contributed by atoms with Crippen molar-refractivity contribution in [3.63, 3.8) is 0 Å². The van der Waals surface area contributed by atoms with Gasteiger partial charge >= 0.3 is 11.9 Å². The number of rotatable bonds is 7. The molecule has 1 aliphatic heterocycles. The van der Waals surface area contributed by atoms with Crippen LogP contribution in [-0.4, -0.2) is 24.4 Å². The first-order valence-electron chi connectivity index (χ1n) is 10.2. The third-order valence-electron chi connectivity index (χ3n) is 4.63. The fourth-order valence-corrected chi connectivity index (χ4v) is 3.16. The number of ether oxygens (including phenoxy) is 3. The molecule has 1 heterocycles. The van der Waals surface area contributed by atoms with E-state index in [1.807, 2.05) is 67.6 Å². The highest BCUT2D eigenvalue weighted by atomic mass is 16.6. The predicted octanol–water partition coefficient (Wildman–Crippen LogP) is 4.58. The van der Waals surface area contributed by atoms with Crippen LogP contribution in [-0.2, 0) is 20.7 Å². The Hall–Kier alpha value is -4.19. The van der Waals surface area contributed by atoms with Crippen molar-refractivity contribution < 1.29 is 23.8 Å². The summed E-state index contributed by atoms with van der Waals surface area (Å²) in [7, 11) is 0. The van der Waals surface area contributed by atoms with Gasteiger partial charge in [-0.15, -0.1) is 0 Å². The van der Waals surface area contributed by atoms with Gasteiger partial charge in [-0.3, -0.25) is 4.79 Å². The molecule has 3 aromatic rings.